The van der Waals surface area contributed by atoms with Crippen LogP contribution in [0.4, 0.5) is 10.5 Å². The van der Waals surface area contributed by atoms with Gasteiger partial charge in [0.2, 0.25) is 11.8 Å². The van der Waals surface area contributed by atoms with E-state index < -0.39 is 17.6 Å². The molecule has 3 rings (SSSR count). The number of unbranched alkanes of at least 4 members (excludes halogenated alkanes) is 2. The van der Waals surface area contributed by atoms with E-state index in [1.165, 1.54) is 0 Å². The maximum atomic E-state index is 12.9. The highest BCUT2D eigenvalue weighted by Gasteiger charge is 2.39. The Kier molecular flexibility index (Phi) is 7.61. The van der Waals surface area contributed by atoms with Gasteiger partial charge in [0.15, 0.2) is 0 Å². The Balaban J connectivity index is 1.46. The van der Waals surface area contributed by atoms with Gasteiger partial charge in [-0.3, -0.25) is 19.7 Å². The molecule has 1 aromatic carbocycles. The number of anilines is 1. The second kappa shape index (κ2) is 10.2. The van der Waals surface area contributed by atoms with Gasteiger partial charge in [-0.2, -0.15) is 0 Å². The molecule has 180 valence electrons. The van der Waals surface area contributed by atoms with Gasteiger partial charge in [0.1, 0.15) is 11.6 Å². The van der Waals surface area contributed by atoms with Crippen LogP contribution in [-0.4, -0.2) is 65.4 Å². The molecule has 33 heavy (non-hydrogen) atoms. The van der Waals surface area contributed by atoms with Crippen LogP contribution in [-0.2, 0) is 20.9 Å². The second-order valence-electron chi connectivity index (χ2n) is 9.62. The van der Waals surface area contributed by atoms with Crippen LogP contribution in [0.5, 0.6) is 0 Å². The smallest absolute Gasteiger partial charge is 0.410 e. The summed E-state index contributed by atoms with van der Waals surface area (Å²) in [6.45, 7) is 7.27. The molecule has 1 aromatic rings. The fourth-order valence-corrected chi connectivity index (χ4v) is 4.06. The van der Waals surface area contributed by atoms with Gasteiger partial charge in [-0.25, -0.2) is 4.79 Å². The van der Waals surface area contributed by atoms with Crippen molar-refractivity contribution in [3.63, 3.8) is 0 Å². The molecule has 9 heteroatoms. The number of hydrogen-bond donors (Lipinski definition) is 2. The monoisotopic (exact) mass is 458 g/mol. The molecule has 0 aliphatic carbocycles. The first-order valence-electron chi connectivity index (χ1n) is 11.5. The minimum Gasteiger partial charge on any atom is -0.444 e. The van der Waals surface area contributed by atoms with Crippen molar-refractivity contribution < 1.29 is 23.9 Å². The lowest BCUT2D eigenvalue weighted by molar-refractivity contribution is -0.136. The van der Waals surface area contributed by atoms with Crippen molar-refractivity contribution in [3.8, 4) is 0 Å². The molecule has 2 heterocycles. The molecule has 2 aliphatic heterocycles. The van der Waals surface area contributed by atoms with Crippen LogP contribution in [0.3, 0.4) is 0 Å². The number of carbonyl (C=O) groups excluding carboxylic acids is 4. The summed E-state index contributed by atoms with van der Waals surface area (Å²) < 4.78 is 5.35. The van der Waals surface area contributed by atoms with Crippen molar-refractivity contribution in [3.05, 3.63) is 29.3 Å². The van der Waals surface area contributed by atoms with Gasteiger partial charge in [-0.05, 0) is 58.6 Å². The summed E-state index contributed by atoms with van der Waals surface area (Å²) in [6.07, 6.45) is 3.00. The number of fused-ring (bicyclic) bond motifs is 1. The third-order valence-corrected chi connectivity index (χ3v) is 5.77. The quantitative estimate of drug-likeness (QED) is 0.458. The Bertz CT molecular complexity index is 924. The molecule has 0 spiro atoms. The molecule has 2 aliphatic rings. The van der Waals surface area contributed by atoms with Crippen molar-refractivity contribution in [2.45, 2.75) is 71.1 Å². The van der Waals surface area contributed by atoms with Gasteiger partial charge in [-0.15, -0.1) is 0 Å². The van der Waals surface area contributed by atoms with Crippen molar-refractivity contribution in [1.29, 1.82) is 0 Å². The number of nitrogens with zero attached hydrogens (tertiary/aromatic N) is 2. The molecule has 1 saturated heterocycles. The first-order chi connectivity index (χ1) is 15.6. The number of carbonyl (C=O) groups is 4. The zero-order valence-electron chi connectivity index (χ0n) is 19.9. The van der Waals surface area contributed by atoms with Gasteiger partial charge in [0.05, 0.1) is 0 Å². The highest BCUT2D eigenvalue weighted by Crippen LogP contribution is 2.32. The zero-order valence-corrected chi connectivity index (χ0v) is 19.9. The molecular formula is C24H34N4O5. The van der Waals surface area contributed by atoms with E-state index in [1.807, 2.05) is 32.9 Å². The van der Waals surface area contributed by atoms with Gasteiger partial charge < -0.3 is 19.9 Å². The van der Waals surface area contributed by atoms with Crippen LogP contribution < -0.4 is 10.6 Å². The minimum absolute atomic E-state index is 0.173. The van der Waals surface area contributed by atoms with Crippen molar-refractivity contribution in [2.24, 2.45) is 0 Å². The van der Waals surface area contributed by atoms with E-state index in [4.69, 9.17) is 4.74 Å². The summed E-state index contributed by atoms with van der Waals surface area (Å²) in [4.78, 5) is 51.7. The van der Waals surface area contributed by atoms with Gasteiger partial charge in [0, 0.05) is 49.9 Å². The highest BCUT2D eigenvalue weighted by atomic mass is 16.6. The van der Waals surface area contributed by atoms with E-state index in [-0.39, 0.29) is 24.3 Å². The number of ether oxygens (including phenoxy) is 1. The Morgan fingerprint density at radius 3 is 2.67 bits per heavy atom. The molecule has 0 saturated carbocycles. The standard InChI is InChI=1S/C24H34N4O5/c1-24(2,3)33-23(32)27(4)14-7-5-6-13-25-18-10-8-9-16-17(18)15-28(22(16)31)19-11-12-20(29)26-21(19)30/h8-10,19,25H,5-7,11-15H2,1-4H3,(H,26,29,30). The van der Waals surface area contributed by atoms with E-state index in [9.17, 15) is 19.2 Å². The molecule has 9 nitrogen and oxygen atoms in total. The number of rotatable bonds is 8. The van der Waals surface area contributed by atoms with Crippen LogP contribution in [0, 0.1) is 0 Å². The first-order valence-corrected chi connectivity index (χ1v) is 11.5. The zero-order chi connectivity index (χ0) is 24.2. The molecule has 1 fully saturated rings. The lowest BCUT2D eigenvalue weighted by atomic mass is 10.0. The summed E-state index contributed by atoms with van der Waals surface area (Å²) in [6, 6.07) is 4.94. The van der Waals surface area contributed by atoms with Gasteiger partial charge in [-0.1, -0.05) is 6.07 Å². The molecule has 0 radical (unpaired) electrons. The average molecular weight is 459 g/mol. The summed E-state index contributed by atoms with van der Waals surface area (Å²) >= 11 is 0. The summed E-state index contributed by atoms with van der Waals surface area (Å²) in [5.41, 5.74) is 1.88. The van der Waals surface area contributed by atoms with Crippen molar-refractivity contribution >= 4 is 29.5 Å². The number of piperidine rings is 1. The van der Waals surface area contributed by atoms with E-state index in [0.717, 1.165) is 37.1 Å². The molecule has 1 unspecified atom stereocenters. The molecule has 2 N–H and O–H groups in total. The van der Waals surface area contributed by atoms with Crippen LogP contribution in [0.15, 0.2) is 18.2 Å². The van der Waals surface area contributed by atoms with Crippen molar-refractivity contribution in [1.82, 2.24) is 15.1 Å². The summed E-state index contributed by atoms with van der Waals surface area (Å²) in [7, 11) is 1.74. The van der Waals surface area contributed by atoms with Crippen LogP contribution >= 0.6 is 0 Å². The average Bonchev–Trinajstić information content (AvgIpc) is 3.06. The third-order valence-electron chi connectivity index (χ3n) is 5.77. The van der Waals surface area contributed by atoms with E-state index in [1.54, 1.807) is 22.9 Å². The SMILES string of the molecule is CN(CCCCCNc1cccc2c1CN(C1CCC(=O)NC1=O)C2=O)C(=O)OC(C)(C)C. The normalized spacial score (nSPS) is 18.1. The van der Waals surface area contributed by atoms with E-state index in [2.05, 4.69) is 10.6 Å². The number of imide groups is 1. The van der Waals surface area contributed by atoms with Crippen LogP contribution in [0.1, 0.15) is 68.8 Å². The van der Waals surface area contributed by atoms with Crippen molar-refractivity contribution in [2.75, 3.05) is 25.5 Å². The fraction of sp³-hybridized carbons (Fsp3) is 0.583. The largest absolute Gasteiger partial charge is 0.444 e. The lowest BCUT2D eigenvalue weighted by Crippen LogP contribution is -2.52. The Morgan fingerprint density at radius 1 is 1.21 bits per heavy atom. The molecule has 0 aromatic heterocycles. The van der Waals surface area contributed by atoms with E-state index >= 15 is 0 Å². The predicted octanol–water partition coefficient (Wildman–Crippen LogP) is 2.90. The fourth-order valence-electron chi connectivity index (χ4n) is 4.06. The Hall–Kier alpha value is -3.10. The summed E-state index contributed by atoms with van der Waals surface area (Å²) in [5, 5.41) is 5.74. The minimum atomic E-state index is -0.614. The molecular weight excluding hydrogens is 424 g/mol. The lowest BCUT2D eigenvalue weighted by Gasteiger charge is -2.29. The topological polar surface area (TPSA) is 108 Å². The predicted molar refractivity (Wildman–Crippen MR) is 124 cm³/mol. The Labute approximate surface area is 194 Å². The van der Waals surface area contributed by atoms with Gasteiger partial charge in [0.25, 0.3) is 5.91 Å². The molecule has 4 amide bonds. The number of amides is 4. The maximum Gasteiger partial charge on any atom is 0.410 e. The van der Waals surface area contributed by atoms with Crippen LogP contribution in [0.25, 0.3) is 0 Å². The third kappa shape index (κ3) is 6.24. The first kappa shape index (κ1) is 24.5. The number of hydrogen-bond acceptors (Lipinski definition) is 6. The molecule has 1 atom stereocenters. The summed E-state index contributed by atoms with van der Waals surface area (Å²) in [5.74, 6) is -0.869. The van der Waals surface area contributed by atoms with E-state index in [0.29, 0.717) is 25.1 Å². The number of nitrogens with one attached hydrogen (secondary N) is 2. The van der Waals surface area contributed by atoms with Gasteiger partial charge >= 0.3 is 6.09 Å². The van der Waals surface area contributed by atoms with Crippen LogP contribution in [0.2, 0.25) is 0 Å². The molecule has 0 bridgehead atoms. The maximum absolute atomic E-state index is 12.9. The number of benzene rings is 1. The highest BCUT2D eigenvalue weighted by molar-refractivity contribution is 6.06. The Morgan fingerprint density at radius 2 is 1.97 bits per heavy atom. The second-order valence-corrected chi connectivity index (χ2v) is 9.62.